The largest absolute Gasteiger partial charge is 0.506 e. The maximum atomic E-state index is 9.96. The lowest BCUT2D eigenvalue weighted by atomic mass is 9.90. The molecule has 194 valence electrons. The summed E-state index contributed by atoms with van der Waals surface area (Å²) in [6.07, 6.45) is 6.04. The minimum atomic E-state index is -0.0406. The number of hydrogen-bond donors (Lipinski definition) is 4. The molecule has 6 aromatic carbocycles. The summed E-state index contributed by atoms with van der Waals surface area (Å²) >= 11 is 0. The van der Waals surface area contributed by atoms with E-state index in [1.165, 1.54) is 12.1 Å². The Morgan fingerprint density at radius 2 is 1.18 bits per heavy atom. The molecule has 0 amide bonds. The maximum absolute atomic E-state index is 9.96. The number of benzene rings is 6. The molecule has 0 aliphatic rings. The van der Waals surface area contributed by atoms with E-state index < -0.39 is 0 Å². The summed E-state index contributed by atoms with van der Waals surface area (Å²) in [5.41, 5.74) is 14.3. The molecule has 0 radical (unpaired) electrons. The highest BCUT2D eigenvalue weighted by atomic mass is 16.5. The first kappa shape index (κ1) is 24.5. The van der Waals surface area contributed by atoms with E-state index in [-0.39, 0.29) is 22.9 Å². The van der Waals surface area contributed by atoms with Gasteiger partial charge in [-0.25, -0.2) is 0 Å². The Bertz CT molecular complexity index is 1970. The van der Waals surface area contributed by atoms with Crippen LogP contribution in [0.3, 0.4) is 0 Å². The van der Waals surface area contributed by atoms with Crippen LogP contribution in [-0.2, 0) is 0 Å². The van der Waals surface area contributed by atoms with Crippen LogP contribution in [0.1, 0.15) is 5.56 Å². The van der Waals surface area contributed by atoms with Gasteiger partial charge in [0.2, 0.25) is 0 Å². The van der Waals surface area contributed by atoms with Gasteiger partial charge in [0.15, 0.2) is 5.75 Å². The van der Waals surface area contributed by atoms with Crippen molar-refractivity contribution in [2.24, 2.45) is 0 Å². The zero-order chi connectivity index (χ0) is 27.8. The highest BCUT2D eigenvalue weighted by Gasteiger charge is 2.23. The van der Waals surface area contributed by atoms with Gasteiger partial charge in [0.25, 0.3) is 0 Å². The van der Waals surface area contributed by atoms with Crippen LogP contribution in [0, 0.1) is 12.3 Å². The van der Waals surface area contributed by atoms with Crippen LogP contribution >= 0.6 is 0 Å². The predicted molar refractivity (Wildman–Crippen MR) is 160 cm³/mol. The van der Waals surface area contributed by atoms with Crippen molar-refractivity contribution in [2.45, 2.75) is 0 Å². The van der Waals surface area contributed by atoms with Crippen LogP contribution in [0.4, 0.5) is 11.4 Å². The molecule has 0 spiro atoms. The van der Waals surface area contributed by atoms with E-state index in [0.717, 1.165) is 32.7 Å². The molecule has 0 heterocycles. The monoisotopic (exact) mass is 524 g/mol. The minimum Gasteiger partial charge on any atom is -0.506 e. The van der Waals surface area contributed by atoms with Crippen molar-refractivity contribution in [1.29, 1.82) is 0 Å². The lowest BCUT2D eigenvalue weighted by Crippen LogP contribution is -1.98. The Morgan fingerprint density at radius 1 is 0.600 bits per heavy atom. The van der Waals surface area contributed by atoms with E-state index in [9.17, 15) is 10.2 Å². The predicted octanol–water partition coefficient (Wildman–Crippen LogP) is 7.80. The van der Waals surface area contributed by atoms with Crippen molar-refractivity contribution in [2.75, 3.05) is 11.5 Å². The van der Waals surface area contributed by atoms with Crippen molar-refractivity contribution in [1.82, 2.24) is 0 Å². The second-order valence-electron chi connectivity index (χ2n) is 9.30. The molecule has 0 saturated carbocycles. The summed E-state index contributed by atoms with van der Waals surface area (Å²) in [6.45, 7) is 0. The van der Waals surface area contributed by atoms with E-state index in [2.05, 4.69) is 5.92 Å². The highest BCUT2D eigenvalue weighted by molar-refractivity contribution is 6.10. The third kappa shape index (κ3) is 4.32. The molecular formula is C34H24N2O4. The van der Waals surface area contributed by atoms with Crippen molar-refractivity contribution < 1.29 is 19.7 Å². The fourth-order valence-corrected chi connectivity index (χ4v) is 4.82. The first-order chi connectivity index (χ1) is 19.4. The second-order valence-corrected chi connectivity index (χ2v) is 9.30. The summed E-state index contributed by atoms with van der Waals surface area (Å²) in [5.74, 6) is 4.57. The van der Waals surface area contributed by atoms with Crippen molar-refractivity contribution in [3.63, 3.8) is 0 Å². The maximum Gasteiger partial charge on any atom is 0.151 e. The molecule has 0 fully saturated rings. The van der Waals surface area contributed by atoms with Gasteiger partial charge in [-0.05, 0) is 57.9 Å². The quantitative estimate of drug-likeness (QED) is 0.104. The van der Waals surface area contributed by atoms with Gasteiger partial charge < -0.3 is 31.2 Å². The number of hydrogen-bond acceptors (Lipinski definition) is 6. The molecule has 6 aromatic rings. The van der Waals surface area contributed by atoms with Gasteiger partial charge in [0.1, 0.15) is 28.7 Å². The Labute approximate surface area is 230 Å². The third-order valence-electron chi connectivity index (χ3n) is 6.74. The smallest absolute Gasteiger partial charge is 0.151 e. The Hall–Kier alpha value is -5.80. The van der Waals surface area contributed by atoms with Crippen LogP contribution in [0.5, 0.6) is 34.5 Å². The van der Waals surface area contributed by atoms with Crippen molar-refractivity contribution >= 4 is 32.9 Å². The summed E-state index contributed by atoms with van der Waals surface area (Å²) in [5, 5.41) is 23.6. The number of rotatable bonds is 5. The number of aromatic hydroxyl groups is 2. The Morgan fingerprint density at radius 3 is 1.80 bits per heavy atom. The molecule has 0 aliphatic heterocycles. The van der Waals surface area contributed by atoms with E-state index in [0.29, 0.717) is 28.6 Å². The molecule has 0 aliphatic carbocycles. The summed E-state index contributed by atoms with van der Waals surface area (Å²) in [7, 11) is 0. The zero-order valence-corrected chi connectivity index (χ0v) is 21.3. The molecule has 0 atom stereocenters. The number of anilines is 2. The average molecular weight is 525 g/mol. The van der Waals surface area contributed by atoms with Crippen LogP contribution in [0.2, 0.25) is 0 Å². The highest BCUT2D eigenvalue weighted by Crippen LogP contribution is 2.49. The van der Waals surface area contributed by atoms with E-state index in [1.54, 1.807) is 24.3 Å². The van der Waals surface area contributed by atoms with Gasteiger partial charge in [-0.3, -0.25) is 0 Å². The molecule has 6 rings (SSSR count). The molecule has 0 aromatic heterocycles. The summed E-state index contributed by atoms with van der Waals surface area (Å²) < 4.78 is 12.9. The first-order valence-electron chi connectivity index (χ1n) is 12.5. The van der Waals surface area contributed by atoms with Gasteiger partial charge in [-0.2, -0.15) is 0 Å². The second kappa shape index (κ2) is 9.82. The fraction of sp³-hybridized carbons (Fsp3) is 0. The Kier molecular flexibility index (Phi) is 6.02. The SMILES string of the molecule is C#Cc1cc2ccccc2c(-c2c(Oc3ccc(O)c(N)c3)ccc3ccccc23)c1Oc1ccc(O)c(N)c1. The lowest BCUT2D eigenvalue weighted by molar-refractivity contribution is 0.465. The van der Waals surface area contributed by atoms with Gasteiger partial charge in [-0.15, -0.1) is 6.42 Å². The van der Waals surface area contributed by atoms with Crippen molar-refractivity contribution in [3.8, 4) is 58.0 Å². The van der Waals surface area contributed by atoms with E-state index in [1.807, 2.05) is 66.7 Å². The van der Waals surface area contributed by atoms with Crippen molar-refractivity contribution in [3.05, 3.63) is 109 Å². The average Bonchev–Trinajstić information content (AvgIpc) is 2.97. The number of fused-ring (bicyclic) bond motifs is 2. The summed E-state index contributed by atoms with van der Waals surface area (Å²) in [6, 6.07) is 31.0. The fourth-order valence-electron chi connectivity index (χ4n) is 4.82. The number of terminal acetylenes is 1. The topological polar surface area (TPSA) is 111 Å². The zero-order valence-electron chi connectivity index (χ0n) is 21.3. The Balaban J connectivity index is 1.68. The number of phenols is 2. The van der Waals surface area contributed by atoms with Crippen LogP contribution in [-0.4, -0.2) is 10.2 Å². The van der Waals surface area contributed by atoms with Crippen LogP contribution in [0.15, 0.2) is 103 Å². The number of ether oxygens (including phenoxy) is 2. The van der Waals surface area contributed by atoms with Crippen LogP contribution in [0.25, 0.3) is 32.7 Å². The van der Waals surface area contributed by atoms with Crippen LogP contribution < -0.4 is 20.9 Å². The molecule has 6 nitrogen and oxygen atoms in total. The molecule has 0 saturated heterocycles. The lowest BCUT2D eigenvalue weighted by Gasteiger charge is -2.21. The van der Waals surface area contributed by atoms with Gasteiger partial charge in [-0.1, -0.05) is 60.5 Å². The molecule has 0 bridgehead atoms. The number of nitrogens with two attached hydrogens (primary N) is 2. The standard InChI is InChI=1S/C34H24N2O4/c1-2-20-17-22-8-4-6-10-26(22)33(34(20)40-24-13-15-30(38)28(36)19-24)32-25-9-5-3-7-21(25)11-16-31(32)39-23-12-14-29(37)27(35)18-23/h1,3-19,37-38H,35-36H2. The number of nitrogen functional groups attached to an aromatic ring is 2. The normalized spacial score (nSPS) is 10.9. The van der Waals surface area contributed by atoms with Gasteiger partial charge in [0.05, 0.1) is 16.9 Å². The van der Waals surface area contributed by atoms with Gasteiger partial charge >= 0.3 is 0 Å². The minimum absolute atomic E-state index is 0.0253. The molecule has 40 heavy (non-hydrogen) atoms. The first-order valence-corrected chi connectivity index (χ1v) is 12.5. The number of phenolic OH excluding ortho intramolecular Hbond substituents is 2. The van der Waals surface area contributed by atoms with E-state index in [4.69, 9.17) is 27.4 Å². The summed E-state index contributed by atoms with van der Waals surface area (Å²) in [4.78, 5) is 0. The molecule has 6 heteroatoms. The third-order valence-corrected chi connectivity index (χ3v) is 6.74. The van der Waals surface area contributed by atoms with Gasteiger partial charge in [0, 0.05) is 23.3 Å². The molecular weight excluding hydrogens is 500 g/mol. The van der Waals surface area contributed by atoms with E-state index >= 15 is 0 Å². The molecule has 0 unspecified atom stereocenters. The molecule has 6 N–H and O–H groups in total.